The molecule has 3 rings (SSSR count). The van der Waals surface area contributed by atoms with Gasteiger partial charge < -0.3 is 10.6 Å². The number of pyridine rings is 1. The second-order valence-corrected chi connectivity index (χ2v) is 5.59. The largest absolute Gasteiger partial charge is 0.350 e. The van der Waals surface area contributed by atoms with E-state index in [0.717, 1.165) is 11.3 Å². The second-order valence-electron chi connectivity index (χ2n) is 5.19. The van der Waals surface area contributed by atoms with E-state index in [4.69, 9.17) is 11.6 Å². The van der Waals surface area contributed by atoms with Gasteiger partial charge >= 0.3 is 0 Å². The summed E-state index contributed by atoms with van der Waals surface area (Å²) in [4.78, 5) is 12.8. The number of hydrogen-bond acceptors (Lipinski definition) is 5. The lowest BCUT2D eigenvalue weighted by molar-refractivity contribution is 0.628. The molecule has 2 aromatic heterocycles. The average molecular weight is 344 g/mol. The van der Waals surface area contributed by atoms with Crippen LogP contribution in [0.1, 0.15) is 11.3 Å². The number of hydrogen-bond donors (Lipinski definition) is 2. The van der Waals surface area contributed by atoms with Crippen molar-refractivity contribution in [2.24, 2.45) is 0 Å². The molecular formula is C17H15ClFN5. The Bertz CT molecular complexity index is 842. The maximum Gasteiger partial charge on any atom is 0.225 e. The molecule has 7 heteroatoms. The molecule has 0 aliphatic heterocycles. The minimum Gasteiger partial charge on any atom is -0.350 e. The van der Waals surface area contributed by atoms with E-state index in [1.165, 1.54) is 12.1 Å². The van der Waals surface area contributed by atoms with Crippen molar-refractivity contribution in [1.82, 2.24) is 15.0 Å². The minimum absolute atomic E-state index is 0.0562. The highest BCUT2D eigenvalue weighted by molar-refractivity contribution is 6.31. The zero-order valence-corrected chi connectivity index (χ0v) is 13.7. The van der Waals surface area contributed by atoms with Gasteiger partial charge in [-0.2, -0.15) is 4.98 Å². The van der Waals surface area contributed by atoms with Crippen LogP contribution in [0, 0.1) is 12.7 Å². The maximum absolute atomic E-state index is 13.2. The van der Waals surface area contributed by atoms with E-state index in [0.29, 0.717) is 24.0 Å². The van der Waals surface area contributed by atoms with Gasteiger partial charge in [-0.25, -0.2) is 9.37 Å². The zero-order chi connectivity index (χ0) is 16.9. The van der Waals surface area contributed by atoms with Gasteiger partial charge in [0.15, 0.2) is 0 Å². The maximum atomic E-state index is 13.2. The van der Waals surface area contributed by atoms with Crippen LogP contribution >= 0.6 is 11.6 Å². The molecule has 0 radical (unpaired) electrons. The van der Waals surface area contributed by atoms with Gasteiger partial charge in [-0.05, 0) is 36.8 Å². The molecule has 122 valence electrons. The lowest BCUT2D eigenvalue weighted by atomic mass is 10.3. The summed E-state index contributed by atoms with van der Waals surface area (Å²) in [6, 6.07) is 10.1. The summed E-state index contributed by atoms with van der Waals surface area (Å²) in [7, 11) is 0. The van der Waals surface area contributed by atoms with Crippen LogP contribution < -0.4 is 10.6 Å². The molecule has 0 amide bonds. The molecular weight excluding hydrogens is 329 g/mol. The van der Waals surface area contributed by atoms with E-state index in [-0.39, 0.29) is 5.02 Å². The number of nitrogens with one attached hydrogen (secondary N) is 2. The van der Waals surface area contributed by atoms with E-state index >= 15 is 0 Å². The minimum atomic E-state index is -0.458. The van der Waals surface area contributed by atoms with Crippen molar-refractivity contribution in [2.75, 3.05) is 10.6 Å². The fraction of sp³-hybridized carbons (Fsp3) is 0.118. The Balaban J connectivity index is 1.74. The van der Waals surface area contributed by atoms with Crippen LogP contribution in [0.25, 0.3) is 0 Å². The molecule has 0 aliphatic carbocycles. The van der Waals surface area contributed by atoms with Crippen LogP contribution in [0.2, 0.25) is 5.02 Å². The van der Waals surface area contributed by atoms with Crippen LogP contribution in [0.15, 0.2) is 48.8 Å². The highest BCUT2D eigenvalue weighted by Gasteiger charge is 2.05. The fourth-order valence-corrected chi connectivity index (χ4v) is 2.30. The van der Waals surface area contributed by atoms with Crippen molar-refractivity contribution >= 4 is 29.1 Å². The summed E-state index contributed by atoms with van der Waals surface area (Å²) in [6.07, 6.45) is 3.50. The second kappa shape index (κ2) is 7.23. The quantitative estimate of drug-likeness (QED) is 0.722. The van der Waals surface area contributed by atoms with Crippen LogP contribution in [0.4, 0.5) is 21.8 Å². The number of aryl methyl sites for hydroxylation is 1. The predicted octanol–water partition coefficient (Wildman–Crippen LogP) is 4.33. The molecule has 0 saturated heterocycles. The smallest absolute Gasteiger partial charge is 0.225 e. The molecule has 0 spiro atoms. The number of halogens is 2. The van der Waals surface area contributed by atoms with E-state index in [1.54, 1.807) is 24.5 Å². The Hall–Kier alpha value is -2.73. The first-order chi connectivity index (χ1) is 11.6. The molecule has 24 heavy (non-hydrogen) atoms. The van der Waals surface area contributed by atoms with E-state index in [1.807, 2.05) is 19.1 Å². The third-order valence-electron chi connectivity index (χ3n) is 3.22. The monoisotopic (exact) mass is 343 g/mol. The molecule has 1 aromatic carbocycles. The van der Waals surface area contributed by atoms with Gasteiger partial charge in [-0.3, -0.25) is 4.98 Å². The van der Waals surface area contributed by atoms with Gasteiger partial charge in [0.25, 0.3) is 0 Å². The first-order valence-electron chi connectivity index (χ1n) is 7.31. The molecule has 0 atom stereocenters. The number of anilines is 3. The lowest BCUT2D eigenvalue weighted by Gasteiger charge is -2.10. The van der Waals surface area contributed by atoms with E-state index in [9.17, 15) is 4.39 Å². The van der Waals surface area contributed by atoms with Crippen LogP contribution in [-0.4, -0.2) is 15.0 Å². The van der Waals surface area contributed by atoms with Crippen molar-refractivity contribution in [2.45, 2.75) is 13.5 Å². The van der Waals surface area contributed by atoms with Crippen LogP contribution in [0.5, 0.6) is 0 Å². The van der Waals surface area contributed by atoms with E-state index < -0.39 is 5.82 Å². The summed E-state index contributed by atoms with van der Waals surface area (Å²) in [5, 5.41) is 6.31. The Morgan fingerprint density at radius 1 is 1.17 bits per heavy atom. The predicted molar refractivity (Wildman–Crippen MR) is 93.0 cm³/mol. The van der Waals surface area contributed by atoms with E-state index in [2.05, 4.69) is 25.6 Å². The molecule has 3 aromatic rings. The van der Waals surface area contributed by atoms with Crippen molar-refractivity contribution in [3.05, 3.63) is 70.9 Å². The van der Waals surface area contributed by atoms with Crippen molar-refractivity contribution in [1.29, 1.82) is 0 Å². The first-order valence-corrected chi connectivity index (χ1v) is 7.68. The number of nitrogens with zero attached hydrogens (tertiary/aromatic N) is 3. The summed E-state index contributed by atoms with van der Waals surface area (Å²) in [5.74, 6) is 0.633. The summed E-state index contributed by atoms with van der Waals surface area (Å²) >= 11 is 5.79. The number of benzene rings is 1. The molecule has 0 bridgehead atoms. The van der Waals surface area contributed by atoms with Crippen molar-refractivity contribution in [3.63, 3.8) is 0 Å². The molecule has 0 aliphatic rings. The molecule has 5 nitrogen and oxygen atoms in total. The highest BCUT2D eigenvalue weighted by Crippen LogP contribution is 2.22. The topological polar surface area (TPSA) is 62.7 Å². The molecule has 0 fully saturated rings. The van der Waals surface area contributed by atoms with Gasteiger partial charge in [-0.15, -0.1) is 0 Å². The Labute approximate surface area is 144 Å². The van der Waals surface area contributed by atoms with Gasteiger partial charge in [0.1, 0.15) is 11.6 Å². The van der Waals surface area contributed by atoms with Gasteiger partial charge in [-0.1, -0.05) is 17.7 Å². The third kappa shape index (κ3) is 4.17. The molecule has 0 unspecified atom stereocenters. The number of rotatable bonds is 5. The standard InChI is InChI=1S/C17H15ClFN5/c1-11-7-16(23-13-4-5-15(19)14(18)8-13)24-17(22-11)21-10-12-3-2-6-20-9-12/h2-9H,10H2,1H3,(H2,21,22,23,24). The molecule has 0 saturated carbocycles. The lowest BCUT2D eigenvalue weighted by Crippen LogP contribution is -2.06. The molecule has 2 heterocycles. The summed E-state index contributed by atoms with van der Waals surface area (Å²) in [5.41, 5.74) is 2.48. The highest BCUT2D eigenvalue weighted by atomic mass is 35.5. The van der Waals surface area contributed by atoms with Crippen LogP contribution in [-0.2, 0) is 6.54 Å². The Morgan fingerprint density at radius 3 is 2.79 bits per heavy atom. The normalized spacial score (nSPS) is 10.5. The van der Waals surface area contributed by atoms with Gasteiger partial charge in [0.05, 0.1) is 5.02 Å². The average Bonchev–Trinajstić information content (AvgIpc) is 2.57. The van der Waals surface area contributed by atoms with Crippen molar-refractivity contribution < 1.29 is 4.39 Å². The van der Waals surface area contributed by atoms with Crippen LogP contribution in [0.3, 0.4) is 0 Å². The summed E-state index contributed by atoms with van der Waals surface area (Å²) in [6.45, 7) is 2.44. The Morgan fingerprint density at radius 2 is 2.04 bits per heavy atom. The van der Waals surface area contributed by atoms with Gasteiger partial charge in [0, 0.05) is 36.4 Å². The first kappa shape index (κ1) is 16.1. The Kier molecular flexibility index (Phi) is 4.86. The summed E-state index contributed by atoms with van der Waals surface area (Å²) < 4.78 is 13.2. The van der Waals surface area contributed by atoms with Crippen molar-refractivity contribution in [3.8, 4) is 0 Å². The molecule has 2 N–H and O–H groups in total. The third-order valence-corrected chi connectivity index (χ3v) is 3.51. The number of aromatic nitrogens is 3. The fourth-order valence-electron chi connectivity index (χ4n) is 2.12. The zero-order valence-electron chi connectivity index (χ0n) is 12.9. The SMILES string of the molecule is Cc1cc(Nc2ccc(F)c(Cl)c2)nc(NCc2cccnc2)n1. The van der Waals surface area contributed by atoms with Gasteiger partial charge in [0.2, 0.25) is 5.95 Å².